The van der Waals surface area contributed by atoms with Gasteiger partial charge in [0.15, 0.2) is 24.6 Å². The van der Waals surface area contributed by atoms with Gasteiger partial charge in [0.05, 0.1) is 0 Å². The summed E-state index contributed by atoms with van der Waals surface area (Å²) >= 11 is 0. The van der Waals surface area contributed by atoms with E-state index in [0.29, 0.717) is 17.5 Å². The first-order valence-corrected chi connectivity index (χ1v) is 19.7. The molecule has 1 heterocycles. The topological polar surface area (TPSA) is 55.7 Å². The molecule has 0 fully saturated rings. The average Bonchev–Trinajstić information content (AvgIpc) is 3.27. The van der Waals surface area contributed by atoms with Gasteiger partial charge in [0, 0.05) is 32.6 Å². The van der Waals surface area contributed by atoms with Gasteiger partial charge in [0.25, 0.3) is 0 Å². The molecule has 5 heteroatoms. The molecule has 0 N–H and O–H groups in total. The number of aromatic nitrogens is 3. The molecule has 9 aromatic rings. The highest BCUT2D eigenvalue weighted by atomic mass is 31.2. The van der Waals surface area contributed by atoms with Gasteiger partial charge in [-0.2, -0.15) is 0 Å². The number of rotatable bonds is 8. The second-order valence-corrected chi connectivity index (χ2v) is 16.0. The Kier molecular flexibility index (Phi) is 8.80. The lowest BCUT2D eigenvalue weighted by molar-refractivity contribution is 0.592. The van der Waals surface area contributed by atoms with Crippen molar-refractivity contribution in [2.45, 2.75) is 0 Å². The zero-order valence-electron chi connectivity index (χ0n) is 29.3. The largest absolute Gasteiger partial charge is 0.309 e. The number of hydrogen-bond acceptors (Lipinski definition) is 4. The molecule has 0 aliphatic heterocycles. The summed E-state index contributed by atoms with van der Waals surface area (Å²) in [5.41, 5.74) is 7.25. The lowest BCUT2D eigenvalue weighted by Crippen LogP contribution is -2.24. The highest BCUT2D eigenvalue weighted by Crippen LogP contribution is 2.43. The predicted molar refractivity (Wildman–Crippen MR) is 224 cm³/mol. The van der Waals surface area contributed by atoms with Gasteiger partial charge in [-0.15, -0.1) is 0 Å². The fraction of sp³-hybridized carbons (Fsp3) is 0. The van der Waals surface area contributed by atoms with Crippen molar-refractivity contribution in [1.82, 2.24) is 15.0 Å². The average molecular weight is 712 g/mol. The third-order valence-electron chi connectivity index (χ3n) is 9.82. The maximum absolute atomic E-state index is 15.0. The third kappa shape index (κ3) is 6.45. The summed E-state index contributed by atoms with van der Waals surface area (Å²) in [5, 5.41) is 4.61. The Labute approximate surface area is 314 Å². The summed E-state index contributed by atoms with van der Waals surface area (Å²) in [7, 11) is -3.06. The zero-order chi connectivity index (χ0) is 36.3. The second kappa shape index (κ2) is 14.4. The predicted octanol–water partition coefficient (Wildman–Crippen LogP) is 11.0. The van der Waals surface area contributed by atoms with Gasteiger partial charge < -0.3 is 4.57 Å². The molecule has 0 spiro atoms. The van der Waals surface area contributed by atoms with E-state index in [4.69, 9.17) is 15.0 Å². The molecule has 256 valence electrons. The Morgan fingerprint density at radius 1 is 0.278 bits per heavy atom. The van der Waals surface area contributed by atoms with Crippen LogP contribution in [0.4, 0.5) is 0 Å². The molecule has 0 atom stereocenters. The van der Waals surface area contributed by atoms with Gasteiger partial charge in [0.2, 0.25) is 0 Å². The molecule has 54 heavy (non-hydrogen) atoms. The van der Waals surface area contributed by atoms with Crippen LogP contribution >= 0.6 is 7.14 Å². The maximum atomic E-state index is 15.0. The molecule has 9 rings (SSSR count). The number of benzene rings is 8. The Balaban J connectivity index is 1.04. The van der Waals surface area contributed by atoms with Gasteiger partial charge in [-0.25, -0.2) is 15.0 Å². The minimum Gasteiger partial charge on any atom is -0.309 e. The molecular formula is C49H34N3OP. The van der Waals surface area contributed by atoms with E-state index in [1.807, 2.05) is 115 Å². The van der Waals surface area contributed by atoms with E-state index in [9.17, 15) is 4.57 Å². The van der Waals surface area contributed by atoms with Crippen molar-refractivity contribution in [1.29, 1.82) is 0 Å². The van der Waals surface area contributed by atoms with Crippen LogP contribution in [-0.4, -0.2) is 15.0 Å². The number of fused-ring (bicyclic) bond motifs is 1. The van der Waals surface area contributed by atoms with E-state index in [1.54, 1.807) is 0 Å². The SMILES string of the molecule is O=P(c1ccccc1)(c1ccccc1)c1ccc2cc(-c3ccc(-c4nc(-c5ccccc5)nc(-c5ccc(-c6ccccc6)cc5)n4)cc3)ccc2c1. The van der Waals surface area contributed by atoms with Crippen LogP contribution < -0.4 is 15.9 Å². The highest BCUT2D eigenvalue weighted by molar-refractivity contribution is 7.85. The van der Waals surface area contributed by atoms with Crippen LogP contribution in [0.5, 0.6) is 0 Å². The Morgan fingerprint density at radius 2 is 0.611 bits per heavy atom. The maximum Gasteiger partial charge on any atom is 0.171 e. The minimum absolute atomic E-state index is 0.616. The standard InChI is InChI=1S/C49H34N3OP/c53-54(44-17-9-3-10-18-44,45-19-11-4-12-20-45)46-32-31-42-33-41(29-30-43(42)34-46)37-23-27-40(28-24-37)49-51-47(38-15-7-2-8-16-38)50-48(52-49)39-25-21-36(22-26-39)35-13-5-1-6-14-35/h1-34H. The molecule has 0 saturated carbocycles. The van der Waals surface area contributed by atoms with Crippen molar-refractivity contribution in [2.75, 3.05) is 0 Å². The fourth-order valence-corrected chi connectivity index (χ4v) is 9.62. The van der Waals surface area contributed by atoms with Crippen molar-refractivity contribution in [2.24, 2.45) is 0 Å². The second-order valence-electron chi connectivity index (χ2n) is 13.2. The molecular weight excluding hydrogens is 678 g/mol. The number of hydrogen-bond donors (Lipinski definition) is 0. The van der Waals surface area contributed by atoms with E-state index >= 15 is 0 Å². The molecule has 0 aliphatic rings. The fourth-order valence-electron chi connectivity index (χ4n) is 6.94. The summed E-state index contributed by atoms with van der Waals surface area (Å²) in [6.07, 6.45) is 0. The molecule has 0 saturated heterocycles. The van der Waals surface area contributed by atoms with Gasteiger partial charge >= 0.3 is 0 Å². The van der Waals surface area contributed by atoms with Crippen molar-refractivity contribution < 1.29 is 4.57 Å². The van der Waals surface area contributed by atoms with Gasteiger partial charge in [-0.05, 0) is 45.2 Å². The smallest absolute Gasteiger partial charge is 0.171 e. The lowest BCUT2D eigenvalue weighted by atomic mass is 10.00. The first kappa shape index (κ1) is 33.1. The molecule has 0 aliphatic carbocycles. The Hall–Kier alpha value is -6.74. The third-order valence-corrected chi connectivity index (χ3v) is 12.9. The quantitative estimate of drug-likeness (QED) is 0.147. The Morgan fingerprint density at radius 3 is 1.11 bits per heavy atom. The van der Waals surface area contributed by atoms with E-state index in [-0.39, 0.29) is 0 Å². The van der Waals surface area contributed by atoms with Gasteiger partial charge in [-0.1, -0.05) is 194 Å². The summed E-state index contributed by atoms with van der Waals surface area (Å²) in [6, 6.07) is 69.4. The molecule has 0 unspecified atom stereocenters. The molecule has 0 radical (unpaired) electrons. The van der Waals surface area contributed by atoms with Gasteiger partial charge in [0.1, 0.15) is 0 Å². The van der Waals surface area contributed by atoms with Crippen LogP contribution in [-0.2, 0) is 4.57 Å². The van der Waals surface area contributed by atoms with Crippen molar-refractivity contribution in [3.63, 3.8) is 0 Å². The van der Waals surface area contributed by atoms with Crippen LogP contribution in [0, 0.1) is 0 Å². The van der Waals surface area contributed by atoms with E-state index in [2.05, 4.69) is 91.0 Å². The normalized spacial score (nSPS) is 11.4. The molecule has 4 nitrogen and oxygen atoms in total. The van der Waals surface area contributed by atoms with Crippen molar-refractivity contribution >= 4 is 33.8 Å². The summed E-state index contributed by atoms with van der Waals surface area (Å²) in [5.74, 6) is 1.87. The summed E-state index contributed by atoms with van der Waals surface area (Å²) in [4.78, 5) is 14.8. The van der Waals surface area contributed by atoms with E-state index in [1.165, 1.54) is 5.56 Å². The van der Waals surface area contributed by atoms with Crippen molar-refractivity contribution in [3.05, 3.63) is 206 Å². The lowest BCUT2D eigenvalue weighted by Gasteiger charge is -2.20. The molecule has 0 amide bonds. The molecule has 8 aromatic carbocycles. The molecule has 0 bridgehead atoms. The van der Waals surface area contributed by atoms with Gasteiger partial charge in [-0.3, -0.25) is 0 Å². The summed E-state index contributed by atoms with van der Waals surface area (Å²) < 4.78 is 15.0. The van der Waals surface area contributed by atoms with Crippen molar-refractivity contribution in [3.8, 4) is 56.4 Å². The van der Waals surface area contributed by atoms with Crippen LogP contribution in [0.1, 0.15) is 0 Å². The number of nitrogens with zero attached hydrogens (tertiary/aromatic N) is 3. The van der Waals surface area contributed by atoms with Crippen LogP contribution in [0.2, 0.25) is 0 Å². The monoisotopic (exact) mass is 711 g/mol. The first-order valence-electron chi connectivity index (χ1n) is 18.0. The Bertz CT molecular complexity index is 2710. The first-order chi connectivity index (χ1) is 26.6. The van der Waals surface area contributed by atoms with Crippen LogP contribution in [0.3, 0.4) is 0 Å². The van der Waals surface area contributed by atoms with E-state index in [0.717, 1.165) is 60.1 Å². The van der Waals surface area contributed by atoms with Crippen LogP contribution in [0.15, 0.2) is 206 Å². The highest BCUT2D eigenvalue weighted by Gasteiger charge is 2.29. The molecule has 1 aromatic heterocycles. The van der Waals surface area contributed by atoms with E-state index < -0.39 is 7.14 Å². The summed E-state index contributed by atoms with van der Waals surface area (Å²) in [6.45, 7) is 0. The minimum atomic E-state index is -3.06. The zero-order valence-corrected chi connectivity index (χ0v) is 30.2. The van der Waals surface area contributed by atoms with Crippen LogP contribution in [0.25, 0.3) is 67.2 Å².